The number of pyridine rings is 1. The molecular formula is C39H34N4OPd. The predicted molar refractivity (Wildman–Crippen MR) is 178 cm³/mol. The Morgan fingerprint density at radius 2 is 1.53 bits per heavy atom. The molecular weight excluding hydrogens is 647 g/mol. The van der Waals surface area contributed by atoms with Crippen LogP contribution in [0.5, 0.6) is 11.5 Å². The quantitative estimate of drug-likeness (QED) is 0.113. The maximum Gasteiger partial charge on any atom is 2.00 e. The van der Waals surface area contributed by atoms with Crippen LogP contribution in [0.25, 0.3) is 44.4 Å². The molecule has 0 saturated carbocycles. The molecule has 7 aromatic rings. The molecule has 7 rings (SSSR count). The van der Waals surface area contributed by atoms with E-state index >= 15 is 0 Å². The summed E-state index contributed by atoms with van der Waals surface area (Å²) in [5.41, 5.74) is 8.80. The van der Waals surface area contributed by atoms with E-state index < -0.39 is 0 Å². The molecule has 226 valence electrons. The molecule has 0 fully saturated rings. The monoisotopic (exact) mass is 680 g/mol. The van der Waals surface area contributed by atoms with Crippen LogP contribution in [0.2, 0.25) is 0 Å². The molecule has 0 unspecified atom stereocenters. The topological polar surface area (TPSA) is 44.9 Å². The first-order valence-electron chi connectivity index (χ1n) is 15.4. The summed E-state index contributed by atoms with van der Waals surface area (Å²) in [5, 5.41) is 7.40. The van der Waals surface area contributed by atoms with E-state index in [1.807, 2.05) is 30.5 Å². The molecule has 0 atom stereocenters. The van der Waals surface area contributed by atoms with Crippen molar-refractivity contribution >= 4 is 21.8 Å². The summed E-state index contributed by atoms with van der Waals surface area (Å²) < 4.78 is 10.7. The average molecular weight is 681 g/mol. The van der Waals surface area contributed by atoms with Gasteiger partial charge < -0.3 is 9.30 Å². The number of benzene rings is 4. The van der Waals surface area contributed by atoms with Crippen molar-refractivity contribution < 1.29 is 25.2 Å². The third-order valence-corrected chi connectivity index (χ3v) is 7.98. The van der Waals surface area contributed by atoms with E-state index in [2.05, 4.69) is 115 Å². The second kappa shape index (κ2) is 13.2. The van der Waals surface area contributed by atoms with Crippen LogP contribution in [-0.4, -0.2) is 19.3 Å². The normalized spacial score (nSPS) is 11.2. The van der Waals surface area contributed by atoms with Crippen molar-refractivity contribution in [3.05, 3.63) is 132 Å². The first kappa shape index (κ1) is 30.5. The minimum absolute atomic E-state index is 0. The van der Waals surface area contributed by atoms with Gasteiger partial charge in [0.1, 0.15) is 5.82 Å². The molecule has 0 spiro atoms. The van der Waals surface area contributed by atoms with Gasteiger partial charge in [-0.05, 0) is 60.2 Å². The smallest absolute Gasteiger partial charge is 0.509 e. The Morgan fingerprint density at radius 3 is 2.33 bits per heavy atom. The summed E-state index contributed by atoms with van der Waals surface area (Å²) >= 11 is 0. The van der Waals surface area contributed by atoms with Crippen molar-refractivity contribution in [3.63, 3.8) is 0 Å². The van der Waals surface area contributed by atoms with Crippen LogP contribution in [0.3, 0.4) is 0 Å². The number of ether oxygens (including phenoxy) is 1. The molecule has 0 saturated heterocycles. The van der Waals surface area contributed by atoms with Gasteiger partial charge in [-0.1, -0.05) is 80.7 Å². The Kier molecular flexibility index (Phi) is 8.98. The zero-order chi connectivity index (χ0) is 30.0. The number of para-hydroxylation sites is 1. The summed E-state index contributed by atoms with van der Waals surface area (Å²) in [6.07, 6.45) is 5.74. The zero-order valence-electron chi connectivity index (χ0n) is 25.7. The number of aromatic nitrogens is 4. The van der Waals surface area contributed by atoms with Crippen LogP contribution in [-0.2, 0) is 33.3 Å². The second-order valence-electron chi connectivity index (χ2n) is 11.2. The summed E-state index contributed by atoms with van der Waals surface area (Å²) in [6.45, 7) is 6.50. The van der Waals surface area contributed by atoms with Crippen LogP contribution >= 0.6 is 0 Å². The van der Waals surface area contributed by atoms with E-state index in [1.165, 1.54) is 16.8 Å². The fraction of sp³-hybridized carbons (Fsp3) is 0.179. The van der Waals surface area contributed by atoms with Crippen LogP contribution in [0.1, 0.15) is 43.6 Å². The number of rotatable bonds is 9. The van der Waals surface area contributed by atoms with Crippen molar-refractivity contribution in [2.75, 3.05) is 0 Å². The van der Waals surface area contributed by atoms with E-state index in [-0.39, 0.29) is 20.4 Å². The number of aryl methyl sites for hydroxylation is 2. The van der Waals surface area contributed by atoms with Gasteiger partial charge in [-0.25, -0.2) is 4.98 Å². The van der Waals surface area contributed by atoms with E-state index in [0.717, 1.165) is 70.3 Å². The summed E-state index contributed by atoms with van der Waals surface area (Å²) in [5.74, 6) is 2.09. The Balaban J connectivity index is 0.00000357. The molecule has 0 bridgehead atoms. The van der Waals surface area contributed by atoms with Crippen LogP contribution < -0.4 is 4.74 Å². The number of hydrogen-bond acceptors (Lipinski definition) is 3. The van der Waals surface area contributed by atoms with Gasteiger partial charge in [0.15, 0.2) is 0 Å². The van der Waals surface area contributed by atoms with Gasteiger partial charge in [0.25, 0.3) is 0 Å². The Bertz CT molecular complexity index is 2090. The van der Waals surface area contributed by atoms with E-state index in [0.29, 0.717) is 11.5 Å². The largest absolute Gasteiger partial charge is 2.00 e. The molecule has 0 aliphatic carbocycles. The number of nitrogens with zero attached hydrogens (tertiary/aromatic N) is 4. The van der Waals surface area contributed by atoms with Crippen molar-refractivity contribution in [2.45, 2.75) is 46.5 Å². The molecule has 3 aromatic heterocycles. The van der Waals surface area contributed by atoms with Crippen LogP contribution in [0.15, 0.2) is 103 Å². The standard InChI is InChI=1S/C39H34N4O.Pd/c1-4-12-34-39(28-14-7-6-8-15-28)36(13-5-2)43(41-34)29-16-11-17-30(25-29)44-31-20-21-33-32-18-9-10-19-35(32)42(37(33)26-31)38-24-27(3)22-23-40-38;/h6-11,14-24H,4-5,12-13H2,1-3H3;/q-2;+2. The van der Waals surface area contributed by atoms with Crippen LogP contribution in [0.4, 0.5) is 0 Å². The Hall–Kier alpha value is -4.50. The molecule has 3 heterocycles. The SMILES string of the molecule is CCCc1nn(-c2[c-]c(Oc3[c-]c4c(cc3)c3ccccc3n4-c3cc(C)ccn3)ccc2)c(CCC)c1-c1ccccc1.[Pd+2]. The summed E-state index contributed by atoms with van der Waals surface area (Å²) in [6, 6.07) is 40.3. The predicted octanol–water partition coefficient (Wildman–Crippen LogP) is 9.63. The van der Waals surface area contributed by atoms with Crippen LogP contribution in [0, 0.1) is 19.1 Å². The van der Waals surface area contributed by atoms with E-state index in [1.54, 1.807) is 0 Å². The van der Waals surface area contributed by atoms with Gasteiger partial charge in [0.2, 0.25) is 0 Å². The van der Waals surface area contributed by atoms with Gasteiger partial charge >= 0.3 is 20.4 Å². The molecule has 4 aromatic carbocycles. The average Bonchev–Trinajstić information content (AvgIpc) is 3.57. The Morgan fingerprint density at radius 1 is 0.756 bits per heavy atom. The first-order chi connectivity index (χ1) is 21.6. The van der Waals surface area contributed by atoms with Gasteiger partial charge in [0, 0.05) is 34.5 Å². The third kappa shape index (κ3) is 5.84. The molecule has 0 radical (unpaired) electrons. The number of hydrogen-bond donors (Lipinski definition) is 0. The van der Waals surface area contributed by atoms with Crippen molar-refractivity contribution in [3.8, 4) is 34.1 Å². The zero-order valence-corrected chi connectivity index (χ0v) is 27.2. The van der Waals surface area contributed by atoms with Crippen molar-refractivity contribution in [1.29, 1.82) is 0 Å². The minimum Gasteiger partial charge on any atom is -0.509 e. The summed E-state index contributed by atoms with van der Waals surface area (Å²) in [4.78, 5) is 4.69. The van der Waals surface area contributed by atoms with Gasteiger partial charge in [-0.3, -0.25) is 4.68 Å². The Labute approximate surface area is 278 Å². The van der Waals surface area contributed by atoms with Crippen molar-refractivity contribution in [2.24, 2.45) is 0 Å². The minimum atomic E-state index is 0. The molecule has 5 nitrogen and oxygen atoms in total. The maximum atomic E-state index is 6.44. The molecule has 0 aliphatic rings. The van der Waals surface area contributed by atoms with Gasteiger partial charge in [0.05, 0.1) is 5.69 Å². The van der Waals surface area contributed by atoms with E-state index in [4.69, 9.17) is 14.8 Å². The van der Waals surface area contributed by atoms with Crippen molar-refractivity contribution in [1.82, 2.24) is 19.3 Å². The molecule has 45 heavy (non-hydrogen) atoms. The first-order valence-corrected chi connectivity index (χ1v) is 15.4. The molecule has 0 aliphatic heterocycles. The second-order valence-corrected chi connectivity index (χ2v) is 11.2. The maximum absolute atomic E-state index is 6.44. The van der Waals surface area contributed by atoms with Gasteiger partial charge in [-0.2, -0.15) is 17.2 Å². The number of fused-ring (bicyclic) bond motifs is 3. The van der Waals surface area contributed by atoms with E-state index in [9.17, 15) is 0 Å². The molecule has 0 amide bonds. The fourth-order valence-electron chi connectivity index (χ4n) is 6.07. The third-order valence-electron chi connectivity index (χ3n) is 7.98. The van der Waals surface area contributed by atoms with Gasteiger partial charge in [-0.15, -0.1) is 35.7 Å². The fourth-order valence-corrected chi connectivity index (χ4v) is 6.07. The molecule has 0 N–H and O–H groups in total. The summed E-state index contributed by atoms with van der Waals surface area (Å²) in [7, 11) is 0. The molecule has 6 heteroatoms.